The first-order valence-electron chi connectivity index (χ1n) is 22.3. The lowest BCUT2D eigenvalue weighted by Crippen LogP contribution is -2.50. The monoisotopic (exact) mass is 787 g/mol. The van der Waals surface area contributed by atoms with Gasteiger partial charge in [0.2, 0.25) is 0 Å². The molecule has 0 rings (SSSR count). The molecule has 0 aliphatic heterocycles. The fourth-order valence-electron chi connectivity index (χ4n) is 6.11. The molecule has 2 unspecified atom stereocenters. The largest absolute Gasteiger partial charge is 0.477 e. The number of hydrogen-bond acceptors (Lipinski definition) is 6. The Morgan fingerprint density at radius 3 is 1.46 bits per heavy atom. The summed E-state index contributed by atoms with van der Waals surface area (Å²) in [6, 6.07) is -0.621. The van der Waals surface area contributed by atoms with Crippen molar-refractivity contribution in [3.8, 4) is 0 Å². The van der Waals surface area contributed by atoms with Crippen molar-refractivity contribution >= 4 is 17.9 Å². The average molecular weight is 787 g/mol. The second-order valence-electron chi connectivity index (χ2n) is 15.9. The molecular weight excluding hydrogens is 703 g/mol. The van der Waals surface area contributed by atoms with Crippen molar-refractivity contribution in [2.75, 3.05) is 41.0 Å². The summed E-state index contributed by atoms with van der Waals surface area (Å²) in [4.78, 5) is 36.9. The smallest absolute Gasteiger partial charge is 0.362 e. The van der Waals surface area contributed by atoms with E-state index in [0.29, 0.717) is 19.3 Å². The first kappa shape index (κ1) is 53.0. The summed E-state index contributed by atoms with van der Waals surface area (Å²) in [6.07, 6.45) is 46.9. The molecule has 0 aromatic heterocycles. The lowest BCUT2D eigenvalue weighted by molar-refractivity contribution is -0.887. The van der Waals surface area contributed by atoms with Crippen LogP contribution in [-0.4, -0.2) is 80.6 Å². The molecule has 2 atom stereocenters. The number of nitrogens with zero attached hydrogens (tertiary/aromatic N) is 1. The highest BCUT2D eigenvalue weighted by Crippen LogP contribution is 2.13. The van der Waals surface area contributed by atoms with Gasteiger partial charge in [0.15, 0.2) is 12.1 Å². The van der Waals surface area contributed by atoms with Crippen molar-refractivity contribution in [2.24, 2.45) is 0 Å². The minimum Gasteiger partial charge on any atom is -0.477 e. The van der Waals surface area contributed by atoms with Gasteiger partial charge >= 0.3 is 17.9 Å². The van der Waals surface area contributed by atoms with Crippen molar-refractivity contribution in [1.82, 2.24) is 0 Å². The van der Waals surface area contributed by atoms with Crippen LogP contribution in [0.5, 0.6) is 0 Å². The van der Waals surface area contributed by atoms with E-state index < -0.39 is 18.1 Å². The zero-order valence-corrected chi connectivity index (χ0v) is 36.6. The lowest BCUT2D eigenvalue weighted by atomic mass is 10.1. The van der Waals surface area contributed by atoms with Gasteiger partial charge < -0.3 is 23.8 Å². The van der Waals surface area contributed by atoms with Gasteiger partial charge in [0, 0.05) is 19.3 Å². The number of esters is 2. The highest BCUT2D eigenvalue weighted by atomic mass is 16.6. The SMILES string of the molecule is CCCC/C=C/CCCCCCCC(=O)OCC(COCCC(C(=O)O)[N+](C)(C)C)OC(=O)CCCCCCC/C=C/C/C=C/C/C=C/C/C=C/CCCCC. The Hall–Kier alpha value is -2.97. The Kier molecular flexibility index (Phi) is 36.8. The first-order chi connectivity index (χ1) is 27.1. The van der Waals surface area contributed by atoms with E-state index in [2.05, 4.69) is 74.6 Å². The topological polar surface area (TPSA) is 99.1 Å². The van der Waals surface area contributed by atoms with Crippen LogP contribution in [0.3, 0.4) is 0 Å². The van der Waals surface area contributed by atoms with Gasteiger partial charge in [0.05, 0.1) is 34.4 Å². The van der Waals surface area contributed by atoms with E-state index in [0.717, 1.165) is 89.9 Å². The number of unbranched alkanes of at least 4 members (excludes halogenated alkanes) is 15. The molecule has 0 fully saturated rings. The number of ether oxygens (including phenoxy) is 3. The normalized spacial score (nSPS) is 13.5. The minimum atomic E-state index is -0.882. The Morgan fingerprint density at radius 1 is 0.536 bits per heavy atom. The zero-order valence-electron chi connectivity index (χ0n) is 36.6. The number of rotatable bonds is 39. The summed E-state index contributed by atoms with van der Waals surface area (Å²) in [5, 5.41) is 9.61. The third-order valence-electron chi connectivity index (χ3n) is 9.64. The predicted molar refractivity (Wildman–Crippen MR) is 234 cm³/mol. The van der Waals surface area contributed by atoms with Crippen LogP contribution in [0.1, 0.15) is 174 Å². The Balaban J connectivity index is 4.36. The molecule has 0 radical (unpaired) electrons. The lowest BCUT2D eigenvalue weighted by Gasteiger charge is -2.31. The van der Waals surface area contributed by atoms with E-state index in [1.807, 2.05) is 21.1 Å². The molecule has 0 aliphatic rings. The van der Waals surface area contributed by atoms with Crippen LogP contribution in [0.25, 0.3) is 0 Å². The number of quaternary nitrogens is 1. The Morgan fingerprint density at radius 2 is 0.964 bits per heavy atom. The number of carbonyl (C=O) groups excluding carboxylic acids is 2. The summed E-state index contributed by atoms with van der Waals surface area (Å²) in [5.41, 5.74) is 0. The molecule has 0 saturated carbocycles. The van der Waals surface area contributed by atoms with Crippen molar-refractivity contribution < 1.29 is 38.2 Å². The fraction of sp³-hybridized carbons (Fsp3) is 0.729. The number of likely N-dealkylation sites (N-methyl/N-ethyl adjacent to an activating group) is 1. The van der Waals surface area contributed by atoms with Crippen LogP contribution < -0.4 is 0 Å². The molecule has 0 spiro atoms. The van der Waals surface area contributed by atoms with E-state index in [1.165, 1.54) is 51.4 Å². The standard InChI is InChI=1S/C48H83NO7/c1-6-8-10-12-14-16-18-19-20-21-22-23-24-25-26-27-29-31-33-35-37-39-47(51)56-44(42-54-41-40-45(48(52)53)49(3,4)5)43-55-46(50)38-36-34-32-30-28-17-15-13-11-9-7-2/h13-16,19-20,22-23,25-26,44-45H,6-12,17-18,21,24,27-43H2,1-5H3/p+1/b15-13+,16-14+,20-19+,23-22+,26-25+. The summed E-state index contributed by atoms with van der Waals surface area (Å²) < 4.78 is 17.2. The van der Waals surface area contributed by atoms with Gasteiger partial charge in [0.25, 0.3) is 0 Å². The molecule has 1 N–H and O–H groups in total. The molecular formula is C48H84NO7+. The van der Waals surface area contributed by atoms with Crippen LogP contribution in [0, 0.1) is 0 Å². The van der Waals surface area contributed by atoms with Gasteiger partial charge in [-0.2, -0.15) is 0 Å². The van der Waals surface area contributed by atoms with E-state index >= 15 is 0 Å². The molecule has 8 heteroatoms. The van der Waals surface area contributed by atoms with Gasteiger partial charge in [-0.25, -0.2) is 4.79 Å². The van der Waals surface area contributed by atoms with Crippen LogP contribution in [0.4, 0.5) is 0 Å². The van der Waals surface area contributed by atoms with Crippen molar-refractivity contribution in [1.29, 1.82) is 0 Å². The second kappa shape index (κ2) is 38.9. The molecule has 322 valence electrons. The number of hydrogen-bond donors (Lipinski definition) is 1. The van der Waals surface area contributed by atoms with Crippen molar-refractivity contribution in [3.05, 3.63) is 60.8 Å². The molecule has 0 saturated heterocycles. The molecule has 0 bridgehead atoms. The molecule has 0 amide bonds. The zero-order chi connectivity index (χ0) is 41.4. The molecule has 0 aromatic rings. The van der Waals surface area contributed by atoms with E-state index in [9.17, 15) is 19.5 Å². The third kappa shape index (κ3) is 36.7. The quantitative estimate of drug-likeness (QED) is 0.0287. The predicted octanol–water partition coefficient (Wildman–Crippen LogP) is 12.2. The second-order valence-corrected chi connectivity index (χ2v) is 15.9. The molecule has 0 heterocycles. The van der Waals surface area contributed by atoms with Gasteiger partial charge in [-0.3, -0.25) is 9.59 Å². The number of carbonyl (C=O) groups is 3. The first-order valence-corrected chi connectivity index (χ1v) is 22.3. The molecule has 56 heavy (non-hydrogen) atoms. The molecule has 8 nitrogen and oxygen atoms in total. The van der Waals surface area contributed by atoms with Crippen LogP contribution in [0.15, 0.2) is 60.8 Å². The maximum Gasteiger partial charge on any atom is 0.362 e. The average Bonchev–Trinajstić information content (AvgIpc) is 3.15. The van der Waals surface area contributed by atoms with Crippen LogP contribution >= 0.6 is 0 Å². The van der Waals surface area contributed by atoms with Crippen molar-refractivity contribution in [3.63, 3.8) is 0 Å². The molecule has 0 aliphatic carbocycles. The summed E-state index contributed by atoms with van der Waals surface area (Å²) in [7, 11) is 5.51. The maximum absolute atomic E-state index is 12.7. The van der Waals surface area contributed by atoms with Gasteiger partial charge in [-0.05, 0) is 77.0 Å². The fourth-order valence-corrected chi connectivity index (χ4v) is 6.11. The van der Waals surface area contributed by atoms with Crippen LogP contribution in [0.2, 0.25) is 0 Å². The van der Waals surface area contributed by atoms with Crippen molar-refractivity contribution in [2.45, 2.75) is 187 Å². The maximum atomic E-state index is 12.7. The number of carboxylic acid groups (broad SMARTS) is 1. The minimum absolute atomic E-state index is 0.0485. The van der Waals surface area contributed by atoms with E-state index in [1.54, 1.807) is 0 Å². The summed E-state index contributed by atoms with van der Waals surface area (Å²) >= 11 is 0. The van der Waals surface area contributed by atoms with Gasteiger partial charge in [-0.1, -0.05) is 139 Å². The molecule has 0 aromatic carbocycles. The number of aliphatic carboxylic acids is 1. The van der Waals surface area contributed by atoms with Crippen LogP contribution in [-0.2, 0) is 28.6 Å². The summed E-state index contributed by atoms with van der Waals surface area (Å²) in [6.45, 7) is 4.63. The third-order valence-corrected chi connectivity index (χ3v) is 9.64. The summed E-state index contributed by atoms with van der Waals surface area (Å²) in [5.74, 6) is -1.51. The van der Waals surface area contributed by atoms with E-state index in [-0.39, 0.29) is 36.2 Å². The highest BCUT2D eigenvalue weighted by molar-refractivity contribution is 5.72. The number of carboxylic acids is 1. The van der Waals surface area contributed by atoms with Gasteiger partial charge in [0.1, 0.15) is 6.61 Å². The number of allylic oxidation sites excluding steroid dienone is 10. The Bertz CT molecular complexity index is 1100. The van der Waals surface area contributed by atoms with Gasteiger partial charge in [-0.15, -0.1) is 0 Å². The van der Waals surface area contributed by atoms with E-state index in [4.69, 9.17) is 14.2 Å². The Labute approximate surface area is 343 Å². The highest BCUT2D eigenvalue weighted by Gasteiger charge is 2.31.